The van der Waals surface area contributed by atoms with Crippen LogP contribution in [0.4, 0.5) is 0 Å². The number of unbranched alkanes of at least 4 members (excludes halogenated alkanes) is 2. The van der Waals surface area contributed by atoms with Crippen LogP contribution < -0.4 is 15.1 Å². The third-order valence-corrected chi connectivity index (χ3v) is 3.18. The van der Waals surface area contributed by atoms with E-state index in [0.29, 0.717) is 5.75 Å². The lowest BCUT2D eigenvalue weighted by atomic mass is 10.2. The summed E-state index contributed by atoms with van der Waals surface area (Å²) < 4.78 is 15.8. The molecule has 2 rings (SSSR count). The highest BCUT2D eigenvalue weighted by Crippen LogP contribution is 2.37. The lowest BCUT2D eigenvalue weighted by Crippen LogP contribution is -2.06. The minimum atomic E-state index is -0.769. The highest BCUT2D eigenvalue weighted by atomic mass is 16.5. The lowest BCUT2D eigenvalue weighted by molar-refractivity contribution is 0.202. The molecule has 1 aromatic carbocycles. The minimum absolute atomic E-state index is 0.0603. The topological polar surface area (TPSA) is 89.1 Å². The van der Waals surface area contributed by atoms with Crippen molar-refractivity contribution in [1.82, 2.24) is 0 Å². The number of allylic oxidation sites excluding steroid dienone is 1. The molecular weight excluding hydrogens is 300 g/mol. The second kappa shape index (κ2) is 8.24. The highest BCUT2D eigenvalue weighted by Gasteiger charge is 2.18. The molecule has 0 atom stereocenters. The second-order valence-corrected chi connectivity index (χ2v) is 4.90. The Balaban J connectivity index is 2.37. The predicted molar refractivity (Wildman–Crippen MR) is 86.0 cm³/mol. The maximum Gasteiger partial charge on any atom is 0.383 e. The summed E-state index contributed by atoms with van der Waals surface area (Å²) in [7, 11) is 0. The van der Waals surface area contributed by atoms with Crippen molar-refractivity contribution in [3.63, 3.8) is 0 Å². The van der Waals surface area contributed by atoms with Gasteiger partial charge in [-0.2, -0.15) is 0 Å². The molecule has 0 fully saturated rings. The van der Waals surface area contributed by atoms with Gasteiger partial charge in [0, 0.05) is 0 Å². The first-order valence-corrected chi connectivity index (χ1v) is 7.53. The van der Waals surface area contributed by atoms with Crippen molar-refractivity contribution in [2.45, 2.75) is 26.2 Å². The molecule has 0 bridgehead atoms. The van der Waals surface area contributed by atoms with E-state index in [1.165, 1.54) is 6.26 Å². The lowest BCUT2D eigenvalue weighted by Gasteiger charge is -2.10. The quantitative estimate of drug-likeness (QED) is 0.441. The maximum atomic E-state index is 11.9. The molecule has 0 unspecified atom stereocenters. The van der Waals surface area contributed by atoms with Crippen LogP contribution in [-0.4, -0.2) is 23.4 Å². The van der Waals surface area contributed by atoms with Gasteiger partial charge in [0.15, 0.2) is 5.75 Å². The fourth-order valence-corrected chi connectivity index (χ4v) is 2.07. The van der Waals surface area contributed by atoms with Gasteiger partial charge in [-0.05, 0) is 31.1 Å². The number of aliphatic hydroxyl groups is 1. The summed E-state index contributed by atoms with van der Waals surface area (Å²) in [6, 6.07) is 4.78. The minimum Gasteiger partial charge on any atom is -0.503 e. The molecule has 124 valence electrons. The number of aromatic hydroxyl groups is 1. The number of hydrogen-bond donors (Lipinski definition) is 2. The van der Waals surface area contributed by atoms with Crippen molar-refractivity contribution in [3.8, 4) is 17.2 Å². The summed E-state index contributed by atoms with van der Waals surface area (Å²) in [5, 5.41) is 19.4. The Morgan fingerprint density at radius 1 is 1.35 bits per heavy atom. The molecule has 0 amide bonds. The third-order valence-electron chi connectivity index (χ3n) is 3.18. The monoisotopic (exact) mass is 320 g/mol. The summed E-state index contributed by atoms with van der Waals surface area (Å²) >= 11 is 0. The van der Waals surface area contributed by atoms with Crippen LogP contribution in [0.3, 0.4) is 0 Å². The first-order chi connectivity index (χ1) is 11.2. The molecule has 23 heavy (non-hydrogen) atoms. The molecule has 0 aliphatic carbocycles. The summed E-state index contributed by atoms with van der Waals surface area (Å²) in [4.78, 5) is 11.9. The van der Waals surface area contributed by atoms with Gasteiger partial charge in [-0.25, -0.2) is 4.79 Å². The summed E-state index contributed by atoms with van der Waals surface area (Å²) in [5.74, 6) is -0.326. The van der Waals surface area contributed by atoms with E-state index in [1.54, 1.807) is 24.3 Å². The average molecular weight is 320 g/mol. The molecule has 0 radical (unpaired) electrons. The molecule has 0 aliphatic heterocycles. The van der Waals surface area contributed by atoms with Crippen LogP contribution in [0.25, 0.3) is 11.0 Å². The Labute approximate surface area is 133 Å². The van der Waals surface area contributed by atoms with Crippen LogP contribution in [0.2, 0.25) is 0 Å². The van der Waals surface area contributed by atoms with Gasteiger partial charge >= 0.3 is 5.63 Å². The molecule has 2 aromatic rings. The zero-order valence-electron chi connectivity index (χ0n) is 12.9. The van der Waals surface area contributed by atoms with Gasteiger partial charge in [-0.1, -0.05) is 19.4 Å². The van der Waals surface area contributed by atoms with Crippen LogP contribution in [0, 0.1) is 0 Å². The molecule has 0 spiro atoms. The number of rotatable bonds is 8. The van der Waals surface area contributed by atoms with E-state index in [4.69, 9.17) is 19.0 Å². The smallest absolute Gasteiger partial charge is 0.383 e. The van der Waals surface area contributed by atoms with Crippen molar-refractivity contribution < 1.29 is 24.1 Å². The van der Waals surface area contributed by atoms with Crippen LogP contribution in [-0.2, 0) is 0 Å². The first-order valence-electron chi connectivity index (χ1n) is 7.53. The van der Waals surface area contributed by atoms with E-state index in [9.17, 15) is 9.90 Å². The molecule has 6 heteroatoms. The molecule has 0 saturated heterocycles. The standard InChI is InChI=1S/C17H20O6/c1-2-3-4-5-10-22-16-15(19)14-12(21-11-9-18)7-6-8-13(14)23-17(16)20/h5-8,10,18-19H,2-4,9,11H2,1H3. The van der Waals surface area contributed by atoms with Gasteiger partial charge in [-0.3, -0.25) is 0 Å². The predicted octanol–water partition coefficient (Wildman–Crippen LogP) is 2.95. The first kappa shape index (κ1) is 16.9. The van der Waals surface area contributed by atoms with Crippen molar-refractivity contribution in [3.05, 3.63) is 41.0 Å². The summed E-state index contributed by atoms with van der Waals surface area (Å²) in [5.41, 5.74) is -0.584. The number of aliphatic hydroxyl groups excluding tert-OH is 1. The van der Waals surface area contributed by atoms with Gasteiger partial charge in [0.1, 0.15) is 23.3 Å². The molecule has 0 aliphatic rings. The number of fused-ring (bicyclic) bond motifs is 1. The maximum absolute atomic E-state index is 11.9. The van der Waals surface area contributed by atoms with E-state index >= 15 is 0 Å². The average Bonchev–Trinajstić information content (AvgIpc) is 2.55. The summed E-state index contributed by atoms with van der Waals surface area (Å²) in [6.45, 7) is 1.97. The molecule has 6 nitrogen and oxygen atoms in total. The fourth-order valence-electron chi connectivity index (χ4n) is 2.07. The SMILES string of the molecule is CCCCC=COc1c(O)c2c(OCCO)cccc2oc1=O. The van der Waals surface area contributed by atoms with Gasteiger partial charge in [0.05, 0.1) is 12.9 Å². The van der Waals surface area contributed by atoms with Gasteiger partial charge < -0.3 is 24.1 Å². The summed E-state index contributed by atoms with van der Waals surface area (Å²) in [6.07, 6.45) is 6.03. The normalized spacial score (nSPS) is 11.2. The van der Waals surface area contributed by atoms with E-state index in [2.05, 4.69) is 6.92 Å². The van der Waals surface area contributed by atoms with Gasteiger partial charge in [-0.15, -0.1) is 0 Å². The third kappa shape index (κ3) is 4.04. The molecule has 2 N–H and O–H groups in total. The van der Waals surface area contributed by atoms with Crippen molar-refractivity contribution in [1.29, 1.82) is 0 Å². The van der Waals surface area contributed by atoms with E-state index in [0.717, 1.165) is 19.3 Å². The second-order valence-electron chi connectivity index (χ2n) is 4.90. The van der Waals surface area contributed by atoms with Gasteiger partial charge in [0.25, 0.3) is 5.75 Å². The van der Waals surface area contributed by atoms with E-state index in [1.807, 2.05) is 0 Å². The molecule has 1 aromatic heterocycles. The van der Waals surface area contributed by atoms with Crippen LogP contribution in [0.1, 0.15) is 26.2 Å². The van der Waals surface area contributed by atoms with Crippen molar-refractivity contribution >= 4 is 11.0 Å². The van der Waals surface area contributed by atoms with Gasteiger partial charge in [0.2, 0.25) is 0 Å². The largest absolute Gasteiger partial charge is 0.503 e. The Morgan fingerprint density at radius 3 is 2.91 bits per heavy atom. The van der Waals surface area contributed by atoms with Crippen LogP contribution in [0.5, 0.6) is 17.2 Å². The molecule has 1 heterocycles. The fraction of sp³-hybridized carbons (Fsp3) is 0.353. The number of benzene rings is 1. The number of hydrogen-bond acceptors (Lipinski definition) is 6. The Morgan fingerprint density at radius 2 is 2.17 bits per heavy atom. The highest BCUT2D eigenvalue weighted by molar-refractivity contribution is 5.91. The number of ether oxygens (including phenoxy) is 2. The zero-order chi connectivity index (χ0) is 16.7. The Hall–Kier alpha value is -2.47. The van der Waals surface area contributed by atoms with Crippen molar-refractivity contribution in [2.75, 3.05) is 13.2 Å². The van der Waals surface area contributed by atoms with E-state index < -0.39 is 5.63 Å². The van der Waals surface area contributed by atoms with Crippen molar-refractivity contribution in [2.24, 2.45) is 0 Å². The van der Waals surface area contributed by atoms with Crippen LogP contribution >= 0.6 is 0 Å². The zero-order valence-corrected chi connectivity index (χ0v) is 12.9. The molecule has 0 saturated carbocycles. The van der Waals surface area contributed by atoms with E-state index in [-0.39, 0.29) is 35.7 Å². The Kier molecular flexibility index (Phi) is 6.05. The molecular formula is C17H20O6. The Bertz CT molecular complexity index is 732. The van der Waals surface area contributed by atoms with Crippen LogP contribution in [0.15, 0.2) is 39.7 Å².